The number of amidine groups is 1. The van der Waals surface area contributed by atoms with Gasteiger partial charge in [0.1, 0.15) is 5.82 Å². The topological polar surface area (TPSA) is 24.8 Å². The lowest BCUT2D eigenvalue weighted by Crippen LogP contribution is -2.37. The van der Waals surface area contributed by atoms with E-state index >= 15 is 0 Å². The lowest BCUT2D eigenvalue weighted by atomic mass is 10.2. The molecule has 2 heterocycles. The maximum absolute atomic E-state index is 14.1. The Kier molecular flexibility index (Phi) is 5.61. The average molecular weight is 343 g/mol. The first-order valence-electron chi connectivity index (χ1n) is 7.71. The molecule has 1 atom stereocenters. The molecule has 120 valence electrons. The summed E-state index contributed by atoms with van der Waals surface area (Å²) in [5.74, 6) is 0.803. The molecule has 6 heteroatoms. The zero-order valence-electron chi connectivity index (χ0n) is 12.4. The number of thioether (sulfide) groups is 1. The van der Waals surface area contributed by atoms with Crippen molar-refractivity contribution < 1.29 is 9.13 Å². The molecule has 1 unspecified atom stereocenters. The minimum Gasteiger partial charge on any atom is -0.376 e. The molecule has 1 fully saturated rings. The molecule has 2 aliphatic heterocycles. The van der Waals surface area contributed by atoms with Crippen molar-refractivity contribution >= 4 is 28.5 Å². The van der Waals surface area contributed by atoms with Crippen LogP contribution in [-0.4, -0.2) is 41.6 Å². The molecule has 1 saturated heterocycles. The molecule has 0 aromatic heterocycles. The van der Waals surface area contributed by atoms with Crippen LogP contribution in [0.15, 0.2) is 23.2 Å². The van der Waals surface area contributed by atoms with Crippen LogP contribution < -0.4 is 0 Å². The average Bonchev–Trinajstić information content (AvgIpc) is 3.04. The fourth-order valence-corrected chi connectivity index (χ4v) is 3.94. The Morgan fingerprint density at radius 3 is 3.00 bits per heavy atom. The fourth-order valence-electron chi connectivity index (χ4n) is 2.76. The van der Waals surface area contributed by atoms with E-state index in [9.17, 15) is 4.39 Å². The fraction of sp³-hybridized carbons (Fsp3) is 0.562. The summed E-state index contributed by atoms with van der Waals surface area (Å²) in [6.07, 6.45) is 3.45. The van der Waals surface area contributed by atoms with Gasteiger partial charge in [-0.25, -0.2) is 4.39 Å². The van der Waals surface area contributed by atoms with Crippen molar-refractivity contribution in [3.05, 3.63) is 34.6 Å². The van der Waals surface area contributed by atoms with Gasteiger partial charge in [-0.05, 0) is 31.4 Å². The molecule has 0 radical (unpaired) electrons. The first-order chi connectivity index (χ1) is 10.7. The number of hydrogen-bond acceptors (Lipinski definition) is 4. The second kappa shape index (κ2) is 7.66. The van der Waals surface area contributed by atoms with Crippen molar-refractivity contribution in [3.63, 3.8) is 0 Å². The van der Waals surface area contributed by atoms with Crippen molar-refractivity contribution in [3.8, 4) is 0 Å². The Balaban J connectivity index is 1.79. The zero-order valence-corrected chi connectivity index (χ0v) is 14.0. The van der Waals surface area contributed by atoms with Gasteiger partial charge in [-0.1, -0.05) is 29.4 Å². The SMILES string of the molecule is Fc1cccc(Cl)c1CN(CC1CCCO1)C1=NCCCS1. The van der Waals surface area contributed by atoms with Gasteiger partial charge in [0.2, 0.25) is 0 Å². The molecule has 0 saturated carbocycles. The Morgan fingerprint density at radius 1 is 1.41 bits per heavy atom. The second-order valence-corrected chi connectivity index (χ2v) is 7.05. The Labute approximate surface area is 139 Å². The molecule has 1 aromatic rings. The van der Waals surface area contributed by atoms with Crippen LogP contribution in [0.4, 0.5) is 4.39 Å². The predicted octanol–water partition coefficient (Wildman–Crippen LogP) is 3.95. The third-order valence-electron chi connectivity index (χ3n) is 3.91. The summed E-state index contributed by atoms with van der Waals surface area (Å²) in [5, 5.41) is 1.46. The van der Waals surface area contributed by atoms with E-state index in [0.717, 1.165) is 49.9 Å². The first-order valence-corrected chi connectivity index (χ1v) is 9.07. The number of aliphatic imine (C=N–C) groups is 1. The van der Waals surface area contributed by atoms with E-state index in [4.69, 9.17) is 16.3 Å². The molecule has 0 amide bonds. The van der Waals surface area contributed by atoms with Gasteiger partial charge in [-0.2, -0.15) is 0 Å². The molecule has 22 heavy (non-hydrogen) atoms. The number of halogens is 2. The summed E-state index contributed by atoms with van der Waals surface area (Å²) in [7, 11) is 0. The molecular formula is C16H20ClFN2OS. The van der Waals surface area contributed by atoms with Crippen molar-refractivity contribution in [1.82, 2.24) is 4.90 Å². The lowest BCUT2D eigenvalue weighted by Gasteiger charge is -2.30. The normalized spacial score (nSPS) is 21.7. The highest BCUT2D eigenvalue weighted by Gasteiger charge is 2.24. The number of nitrogens with zero attached hydrogens (tertiary/aromatic N) is 2. The van der Waals surface area contributed by atoms with Crippen LogP contribution in [0.25, 0.3) is 0 Å². The van der Waals surface area contributed by atoms with Crippen molar-refractivity contribution in [2.45, 2.75) is 31.9 Å². The van der Waals surface area contributed by atoms with E-state index in [1.165, 1.54) is 6.07 Å². The first kappa shape index (κ1) is 16.1. The largest absolute Gasteiger partial charge is 0.376 e. The number of benzene rings is 1. The minimum atomic E-state index is -0.258. The van der Waals surface area contributed by atoms with Gasteiger partial charge in [-0.15, -0.1) is 0 Å². The van der Waals surface area contributed by atoms with Gasteiger partial charge in [0.05, 0.1) is 6.10 Å². The van der Waals surface area contributed by atoms with E-state index in [-0.39, 0.29) is 11.9 Å². The number of ether oxygens (including phenoxy) is 1. The summed E-state index contributed by atoms with van der Waals surface area (Å²) in [6.45, 7) is 2.85. The van der Waals surface area contributed by atoms with Crippen LogP contribution in [0.3, 0.4) is 0 Å². The highest BCUT2D eigenvalue weighted by atomic mass is 35.5. The second-order valence-electron chi connectivity index (χ2n) is 5.58. The Bertz CT molecular complexity index is 529. The van der Waals surface area contributed by atoms with Gasteiger partial charge in [0.25, 0.3) is 0 Å². The monoisotopic (exact) mass is 342 g/mol. The molecule has 0 bridgehead atoms. The maximum atomic E-state index is 14.1. The summed E-state index contributed by atoms with van der Waals surface area (Å²) >= 11 is 7.93. The van der Waals surface area contributed by atoms with Crippen LogP contribution in [-0.2, 0) is 11.3 Å². The third-order valence-corrected chi connectivity index (χ3v) is 5.40. The van der Waals surface area contributed by atoms with Crippen LogP contribution in [0.5, 0.6) is 0 Å². The summed E-state index contributed by atoms with van der Waals surface area (Å²) < 4.78 is 19.8. The van der Waals surface area contributed by atoms with Crippen LogP contribution in [0.2, 0.25) is 5.02 Å². The molecule has 0 aliphatic carbocycles. The third kappa shape index (κ3) is 3.94. The summed E-state index contributed by atoms with van der Waals surface area (Å²) in [4.78, 5) is 6.74. The number of hydrogen-bond donors (Lipinski definition) is 0. The Hall–Kier alpha value is -0.780. The van der Waals surface area contributed by atoms with Gasteiger partial charge >= 0.3 is 0 Å². The quantitative estimate of drug-likeness (QED) is 0.828. The smallest absolute Gasteiger partial charge is 0.159 e. The van der Waals surface area contributed by atoms with Gasteiger partial charge in [0.15, 0.2) is 5.17 Å². The van der Waals surface area contributed by atoms with Crippen LogP contribution in [0, 0.1) is 5.82 Å². The molecule has 3 rings (SSSR count). The van der Waals surface area contributed by atoms with E-state index in [1.54, 1.807) is 23.9 Å². The Morgan fingerprint density at radius 2 is 2.32 bits per heavy atom. The van der Waals surface area contributed by atoms with E-state index in [2.05, 4.69) is 9.89 Å². The van der Waals surface area contributed by atoms with Gasteiger partial charge < -0.3 is 9.64 Å². The summed E-state index contributed by atoms with van der Waals surface area (Å²) in [6, 6.07) is 4.83. The standard InChI is InChI=1S/C16H20ClFN2OS/c17-14-5-1-6-15(18)13(14)11-20(10-12-4-2-8-21-12)16-19-7-3-9-22-16/h1,5-6,12H,2-4,7-11H2. The van der Waals surface area contributed by atoms with Gasteiger partial charge in [-0.3, -0.25) is 4.99 Å². The van der Waals surface area contributed by atoms with E-state index < -0.39 is 0 Å². The predicted molar refractivity (Wildman–Crippen MR) is 90.2 cm³/mol. The molecule has 3 nitrogen and oxygen atoms in total. The highest BCUT2D eigenvalue weighted by Crippen LogP contribution is 2.25. The molecule has 0 spiro atoms. The summed E-state index contributed by atoms with van der Waals surface area (Å²) in [5.41, 5.74) is 0.538. The van der Waals surface area contributed by atoms with Crippen molar-refractivity contribution in [1.29, 1.82) is 0 Å². The van der Waals surface area contributed by atoms with Crippen molar-refractivity contribution in [2.75, 3.05) is 25.4 Å². The van der Waals surface area contributed by atoms with E-state index in [1.807, 2.05) is 0 Å². The molecule has 1 aromatic carbocycles. The van der Waals surface area contributed by atoms with Crippen molar-refractivity contribution in [2.24, 2.45) is 4.99 Å². The van der Waals surface area contributed by atoms with Gasteiger partial charge in [0, 0.05) is 42.6 Å². The molecule has 2 aliphatic rings. The van der Waals surface area contributed by atoms with E-state index in [0.29, 0.717) is 17.1 Å². The molecular weight excluding hydrogens is 323 g/mol. The lowest BCUT2D eigenvalue weighted by molar-refractivity contribution is 0.0904. The number of rotatable bonds is 4. The highest BCUT2D eigenvalue weighted by molar-refractivity contribution is 8.13. The van der Waals surface area contributed by atoms with Crippen LogP contribution >= 0.6 is 23.4 Å². The minimum absolute atomic E-state index is 0.204. The van der Waals surface area contributed by atoms with Crippen LogP contribution in [0.1, 0.15) is 24.8 Å². The zero-order chi connectivity index (χ0) is 15.4. The molecule has 0 N–H and O–H groups in total. The maximum Gasteiger partial charge on any atom is 0.159 e.